The van der Waals surface area contributed by atoms with Crippen LogP contribution in [0.15, 0.2) is 35.8 Å². The lowest BCUT2D eigenvalue weighted by Gasteiger charge is -2.10. The molecule has 0 saturated heterocycles. The van der Waals surface area contributed by atoms with Gasteiger partial charge in [-0.3, -0.25) is 35.2 Å². The molecule has 170 valence electrons. The van der Waals surface area contributed by atoms with Crippen LogP contribution in [-0.2, 0) is 13.2 Å². The number of aromatic nitrogens is 5. The van der Waals surface area contributed by atoms with Crippen LogP contribution >= 0.6 is 11.3 Å². The molecule has 0 aliphatic heterocycles. The number of thiophene rings is 1. The van der Waals surface area contributed by atoms with Crippen LogP contribution in [0, 0.1) is 10.1 Å². The van der Waals surface area contributed by atoms with Gasteiger partial charge in [0.1, 0.15) is 6.20 Å². The largest absolute Gasteiger partial charge is 0.433 e. The average Bonchev–Trinajstić information content (AvgIpc) is 3.48. The fraction of sp³-hybridized carbons (Fsp3) is 0.118. The van der Waals surface area contributed by atoms with Crippen molar-refractivity contribution in [3.63, 3.8) is 0 Å². The van der Waals surface area contributed by atoms with Gasteiger partial charge in [-0.25, -0.2) is 9.50 Å². The van der Waals surface area contributed by atoms with E-state index in [2.05, 4.69) is 15.2 Å². The zero-order valence-corrected chi connectivity index (χ0v) is 17.1. The van der Waals surface area contributed by atoms with Crippen molar-refractivity contribution in [2.24, 2.45) is 7.05 Å². The Bertz CT molecular complexity index is 1390. The van der Waals surface area contributed by atoms with Gasteiger partial charge in [-0.2, -0.15) is 23.4 Å². The number of aryl methyl sites for hydroxylation is 1. The van der Waals surface area contributed by atoms with Crippen LogP contribution in [0.1, 0.15) is 26.7 Å². The highest BCUT2D eigenvalue weighted by Crippen LogP contribution is 2.33. The first-order valence-corrected chi connectivity index (χ1v) is 9.73. The predicted octanol–water partition coefficient (Wildman–Crippen LogP) is 2.19. The van der Waals surface area contributed by atoms with E-state index in [1.165, 1.54) is 18.4 Å². The van der Waals surface area contributed by atoms with Crippen LogP contribution in [0.3, 0.4) is 0 Å². The van der Waals surface area contributed by atoms with Crippen molar-refractivity contribution in [1.82, 2.24) is 35.2 Å². The van der Waals surface area contributed by atoms with E-state index in [1.807, 2.05) is 10.9 Å². The van der Waals surface area contributed by atoms with Gasteiger partial charge in [-0.1, -0.05) is 6.07 Å². The van der Waals surface area contributed by atoms with Gasteiger partial charge in [0.05, 0.1) is 15.5 Å². The first-order chi connectivity index (χ1) is 15.5. The minimum absolute atomic E-state index is 0.0486. The summed E-state index contributed by atoms with van der Waals surface area (Å²) in [6.45, 7) is 0. The third kappa shape index (κ3) is 4.22. The molecule has 0 atom stereocenters. The van der Waals surface area contributed by atoms with Crippen molar-refractivity contribution in [1.29, 1.82) is 0 Å². The van der Waals surface area contributed by atoms with E-state index < -0.39 is 45.7 Å². The van der Waals surface area contributed by atoms with Gasteiger partial charge in [-0.05, 0) is 17.5 Å². The molecular weight excluding hydrogens is 469 g/mol. The van der Waals surface area contributed by atoms with Crippen LogP contribution in [-0.4, -0.2) is 41.1 Å². The van der Waals surface area contributed by atoms with Crippen LogP contribution in [0.4, 0.5) is 18.9 Å². The number of rotatable bonds is 4. The molecule has 0 aromatic carbocycles. The Morgan fingerprint density at radius 2 is 1.91 bits per heavy atom. The first-order valence-electron chi connectivity index (χ1n) is 8.85. The minimum Gasteiger partial charge on any atom is -0.268 e. The van der Waals surface area contributed by atoms with Crippen LogP contribution < -0.4 is 10.9 Å². The number of fused-ring (bicyclic) bond motifs is 1. The van der Waals surface area contributed by atoms with Gasteiger partial charge in [0.25, 0.3) is 11.8 Å². The van der Waals surface area contributed by atoms with Crippen molar-refractivity contribution in [2.45, 2.75) is 6.18 Å². The normalized spacial score (nSPS) is 11.5. The quantitative estimate of drug-likeness (QED) is 0.336. The lowest BCUT2D eigenvalue weighted by molar-refractivity contribution is -0.385. The number of hydrogen-bond donors (Lipinski definition) is 2. The monoisotopic (exact) mass is 480 g/mol. The molecule has 4 rings (SSSR count). The van der Waals surface area contributed by atoms with E-state index in [9.17, 15) is 32.9 Å². The number of carbonyl (C=O) groups excluding carboxylic acids is 2. The second-order valence-corrected chi connectivity index (χ2v) is 7.45. The van der Waals surface area contributed by atoms with Crippen molar-refractivity contribution >= 4 is 34.5 Å². The lowest BCUT2D eigenvalue weighted by atomic mass is 10.2. The Hall–Kier alpha value is -4.34. The van der Waals surface area contributed by atoms with E-state index in [0.29, 0.717) is 9.39 Å². The highest BCUT2D eigenvalue weighted by molar-refractivity contribution is 7.13. The van der Waals surface area contributed by atoms with Gasteiger partial charge < -0.3 is 0 Å². The summed E-state index contributed by atoms with van der Waals surface area (Å²) in [5.74, 6) is -2.17. The molecule has 0 radical (unpaired) electrons. The van der Waals surface area contributed by atoms with E-state index in [-0.39, 0.29) is 11.3 Å². The first kappa shape index (κ1) is 21.9. The molecule has 2 N–H and O–H groups in total. The number of nitrogens with one attached hydrogen (secondary N) is 2. The van der Waals surface area contributed by atoms with Gasteiger partial charge in [0.2, 0.25) is 5.69 Å². The Morgan fingerprint density at radius 1 is 1.18 bits per heavy atom. The molecule has 2 amide bonds. The van der Waals surface area contributed by atoms with Crippen molar-refractivity contribution in [3.8, 4) is 10.6 Å². The molecule has 0 bridgehead atoms. The molecule has 0 spiro atoms. The maximum Gasteiger partial charge on any atom is 0.433 e. The van der Waals surface area contributed by atoms with Crippen molar-refractivity contribution in [3.05, 3.63) is 63.0 Å². The average molecular weight is 480 g/mol. The fourth-order valence-electron chi connectivity index (χ4n) is 2.85. The second-order valence-electron chi connectivity index (χ2n) is 6.50. The van der Waals surface area contributed by atoms with E-state index in [0.717, 1.165) is 23.0 Å². The summed E-state index contributed by atoms with van der Waals surface area (Å²) in [5.41, 5.74) is 0.865. The number of carbonyl (C=O) groups is 2. The molecular formula is C17H11F3N8O4S. The molecule has 12 nitrogen and oxygen atoms in total. The SMILES string of the molecule is Cn1cc([N+](=O)[O-])c(C(=O)NNC(=O)c2cc3nc(-c4cccs4)cc(C(F)(F)F)n3n2)n1. The van der Waals surface area contributed by atoms with E-state index in [4.69, 9.17) is 0 Å². The number of nitro groups is 1. The summed E-state index contributed by atoms with van der Waals surface area (Å²) >= 11 is 1.19. The smallest absolute Gasteiger partial charge is 0.268 e. The maximum atomic E-state index is 13.6. The fourth-order valence-corrected chi connectivity index (χ4v) is 3.53. The second kappa shape index (κ2) is 7.97. The number of amides is 2. The van der Waals surface area contributed by atoms with E-state index >= 15 is 0 Å². The van der Waals surface area contributed by atoms with Crippen LogP contribution in [0.25, 0.3) is 16.2 Å². The Balaban J connectivity index is 1.61. The summed E-state index contributed by atoms with van der Waals surface area (Å²) in [6, 6.07) is 5.08. The Morgan fingerprint density at radius 3 is 2.55 bits per heavy atom. The molecule has 0 fully saturated rings. The van der Waals surface area contributed by atoms with Gasteiger partial charge in [-0.15, -0.1) is 11.3 Å². The zero-order chi connectivity index (χ0) is 23.9. The summed E-state index contributed by atoms with van der Waals surface area (Å²) in [7, 11) is 1.36. The zero-order valence-electron chi connectivity index (χ0n) is 16.3. The van der Waals surface area contributed by atoms with Gasteiger partial charge in [0.15, 0.2) is 17.0 Å². The summed E-state index contributed by atoms with van der Waals surface area (Å²) in [5, 5.41) is 20.0. The van der Waals surface area contributed by atoms with E-state index in [1.54, 1.807) is 17.5 Å². The third-order valence-electron chi connectivity index (χ3n) is 4.23. The van der Waals surface area contributed by atoms with Crippen molar-refractivity contribution < 1.29 is 27.7 Å². The Labute approximate surface area is 184 Å². The number of hydrogen-bond acceptors (Lipinski definition) is 8. The minimum atomic E-state index is -4.79. The molecule has 4 aromatic heterocycles. The molecule has 4 heterocycles. The summed E-state index contributed by atoms with van der Waals surface area (Å²) in [6.07, 6.45) is -3.80. The van der Waals surface area contributed by atoms with Crippen molar-refractivity contribution in [2.75, 3.05) is 0 Å². The number of nitrogens with zero attached hydrogens (tertiary/aromatic N) is 6. The molecule has 0 unspecified atom stereocenters. The molecule has 4 aromatic rings. The van der Waals surface area contributed by atoms with Gasteiger partial charge >= 0.3 is 11.9 Å². The standard InChI is InChI=1S/C17H11F3N8O4S/c1-26-7-10(28(31)32)14(25-26)16(30)23-22-15(29)9-6-13-21-8(11-3-2-4-33-11)5-12(17(18,19)20)27(13)24-9/h2-7H,1H3,(H,22,29)(H,23,30). The highest BCUT2D eigenvalue weighted by Gasteiger charge is 2.36. The molecule has 16 heteroatoms. The third-order valence-corrected chi connectivity index (χ3v) is 5.13. The van der Waals surface area contributed by atoms with Crippen LogP contribution in [0.5, 0.6) is 0 Å². The van der Waals surface area contributed by atoms with Crippen LogP contribution in [0.2, 0.25) is 0 Å². The summed E-state index contributed by atoms with van der Waals surface area (Å²) < 4.78 is 42.3. The molecule has 0 aliphatic carbocycles. The van der Waals surface area contributed by atoms with Gasteiger partial charge in [0, 0.05) is 13.1 Å². The predicted molar refractivity (Wildman–Crippen MR) is 106 cm³/mol. The molecule has 33 heavy (non-hydrogen) atoms. The summed E-state index contributed by atoms with van der Waals surface area (Å²) in [4.78, 5) is 39.3. The highest BCUT2D eigenvalue weighted by atomic mass is 32.1. The Kier molecular flexibility index (Phi) is 5.28. The topological polar surface area (TPSA) is 149 Å². The number of alkyl halides is 3. The lowest BCUT2D eigenvalue weighted by Crippen LogP contribution is -2.42. The number of halogens is 3. The molecule has 0 aliphatic rings. The molecule has 0 saturated carbocycles. The number of hydrazine groups is 1. The maximum absolute atomic E-state index is 13.6.